The summed E-state index contributed by atoms with van der Waals surface area (Å²) in [5.41, 5.74) is 5.61. The van der Waals surface area contributed by atoms with Gasteiger partial charge in [0.1, 0.15) is 5.75 Å². The van der Waals surface area contributed by atoms with Gasteiger partial charge in [0.15, 0.2) is 0 Å². The Morgan fingerprint density at radius 3 is 2.56 bits per heavy atom. The molecule has 6 nitrogen and oxygen atoms in total. The molecule has 3 heterocycles. The molecule has 188 valence electrons. The Balaban J connectivity index is 1.44. The molecule has 1 N–H and O–H groups in total. The van der Waals surface area contributed by atoms with E-state index < -0.39 is 0 Å². The molecule has 2 aliphatic heterocycles. The van der Waals surface area contributed by atoms with E-state index in [9.17, 15) is 9.59 Å². The molecule has 1 aromatic heterocycles. The van der Waals surface area contributed by atoms with Crippen molar-refractivity contribution in [3.05, 3.63) is 71.1 Å². The Labute approximate surface area is 212 Å². The fourth-order valence-corrected chi connectivity index (χ4v) is 5.54. The van der Waals surface area contributed by atoms with Crippen molar-refractivity contribution in [2.24, 2.45) is 7.05 Å². The summed E-state index contributed by atoms with van der Waals surface area (Å²) in [6.07, 6.45) is 9.50. The zero-order valence-corrected chi connectivity index (χ0v) is 21.5. The zero-order chi connectivity index (χ0) is 25.2. The van der Waals surface area contributed by atoms with Crippen LogP contribution in [0.4, 0.5) is 5.69 Å². The molecule has 0 spiro atoms. The summed E-state index contributed by atoms with van der Waals surface area (Å²) in [5.74, 6) is 0.112. The molecule has 0 bridgehead atoms. The van der Waals surface area contributed by atoms with Crippen LogP contribution in [0.15, 0.2) is 59.9 Å². The van der Waals surface area contributed by atoms with Gasteiger partial charge < -0.3 is 14.6 Å². The number of hydrogen-bond acceptors (Lipinski definition) is 4. The minimum Gasteiger partial charge on any atom is -0.494 e. The average molecular weight is 486 g/mol. The highest BCUT2D eigenvalue weighted by Crippen LogP contribution is 2.46. The molecule has 6 heteroatoms. The van der Waals surface area contributed by atoms with Gasteiger partial charge in [-0.15, -0.1) is 0 Å². The van der Waals surface area contributed by atoms with E-state index in [0.717, 1.165) is 45.6 Å². The number of hydrogen-bond donors (Lipinski definition) is 1. The quantitative estimate of drug-likeness (QED) is 0.371. The molecular formula is C30H35N3O3. The Morgan fingerprint density at radius 2 is 1.81 bits per heavy atom. The summed E-state index contributed by atoms with van der Waals surface area (Å²) in [7, 11) is 2.03. The molecule has 2 amide bonds. The number of imide groups is 1. The second-order valence-corrected chi connectivity index (χ2v) is 9.94. The van der Waals surface area contributed by atoms with Crippen LogP contribution in [0.3, 0.4) is 0 Å². The van der Waals surface area contributed by atoms with E-state index in [2.05, 4.69) is 41.2 Å². The number of ether oxygens (including phenoxy) is 1. The maximum absolute atomic E-state index is 13.5. The topological polar surface area (TPSA) is 63.6 Å². The first-order valence-electron chi connectivity index (χ1n) is 13.1. The number of benzene rings is 2. The van der Waals surface area contributed by atoms with Crippen LogP contribution < -0.4 is 10.1 Å². The van der Waals surface area contributed by atoms with Crippen LogP contribution in [0, 0.1) is 0 Å². The van der Waals surface area contributed by atoms with Crippen LogP contribution in [0.1, 0.15) is 69.4 Å². The molecule has 0 aliphatic carbocycles. The Hall–Kier alpha value is -3.54. The summed E-state index contributed by atoms with van der Waals surface area (Å²) in [6, 6.07) is 14.3. The third kappa shape index (κ3) is 4.41. The Kier molecular flexibility index (Phi) is 6.86. The fraction of sp³-hybridized carbons (Fsp3) is 0.400. The van der Waals surface area contributed by atoms with Gasteiger partial charge in [0.2, 0.25) is 5.91 Å². The first-order chi connectivity index (χ1) is 17.5. The van der Waals surface area contributed by atoms with Crippen LogP contribution in [-0.2, 0) is 16.6 Å². The van der Waals surface area contributed by atoms with Crippen LogP contribution in [0.5, 0.6) is 5.75 Å². The molecule has 36 heavy (non-hydrogen) atoms. The van der Waals surface area contributed by atoms with Gasteiger partial charge in [-0.3, -0.25) is 14.5 Å². The van der Waals surface area contributed by atoms with Crippen LogP contribution in [0.25, 0.3) is 10.9 Å². The highest BCUT2D eigenvalue weighted by molar-refractivity contribution is 6.11. The molecular weight excluding hydrogens is 450 g/mol. The SMILES string of the molecule is CCCCCCCCOc1ccc([C@@H]2C3=C(CN(C(C)=O)C3=O)Nc3cccc4c3c2cn4C)cc1. The lowest BCUT2D eigenvalue weighted by molar-refractivity contribution is -0.139. The monoisotopic (exact) mass is 485 g/mol. The summed E-state index contributed by atoms with van der Waals surface area (Å²) in [5, 5.41) is 4.62. The number of rotatable bonds is 9. The summed E-state index contributed by atoms with van der Waals surface area (Å²) in [6.45, 7) is 4.67. The number of nitrogens with one attached hydrogen (secondary N) is 1. The minimum atomic E-state index is -0.274. The predicted octanol–water partition coefficient (Wildman–Crippen LogP) is 6.12. The van der Waals surface area contributed by atoms with Crippen molar-refractivity contribution in [2.45, 2.75) is 58.3 Å². The van der Waals surface area contributed by atoms with Crippen molar-refractivity contribution in [3.8, 4) is 5.75 Å². The van der Waals surface area contributed by atoms with Crippen molar-refractivity contribution in [1.82, 2.24) is 9.47 Å². The van der Waals surface area contributed by atoms with Crippen LogP contribution in [0.2, 0.25) is 0 Å². The maximum atomic E-state index is 13.5. The number of aromatic nitrogens is 1. The number of carbonyl (C=O) groups is 2. The van der Waals surface area contributed by atoms with Gasteiger partial charge in [0, 0.05) is 42.9 Å². The number of unbranched alkanes of at least 4 members (excludes halogenated alkanes) is 5. The van der Waals surface area contributed by atoms with Crippen molar-refractivity contribution >= 4 is 28.4 Å². The first kappa shape index (κ1) is 24.2. The van der Waals surface area contributed by atoms with Gasteiger partial charge in [-0.1, -0.05) is 57.2 Å². The van der Waals surface area contributed by atoms with E-state index in [1.165, 1.54) is 43.9 Å². The van der Waals surface area contributed by atoms with Gasteiger partial charge in [-0.25, -0.2) is 0 Å². The fourth-order valence-electron chi connectivity index (χ4n) is 5.54. The smallest absolute Gasteiger partial charge is 0.259 e. The summed E-state index contributed by atoms with van der Waals surface area (Å²) >= 11 is 0. The van der Waals surface area contributed by atoms with Crippen molar-refractivity contribution in [1.29, 1.82) is 0 Å². The maximum Gasteiger partial charge on any atom is 0.259 e. The van der Waals surface area contributed by atoms with Gasteiger partial charge >= 0.3 is 0 Å². The number of anilines is 1. The number of aryl methyl sites for hydroxylation is 1. The van der Waals surface area contributed by atoms with E-state index in [-0.39, 0.29) is 24.3 Å². The summed E-state index contributed by atoms with van der Waals surface area (Å²) < 4.78 is 8.11. The largest absolute Gasteiger partial charge is 0.494 e. The lowest BCUT2D eigenvalue weighted by atomic mass is 9.84. The van der Waals surface area contributed by atoms with Gasteiger partial charge in [0.05, 0.1) is 24.2 Å². The summed E-state index contributed by atoms with van der Waals surface area (Å²) in [4.78, 5) is 27.1. The second kappa shape index (κ2) is 10.2. The molecule has 0 radical (unpaired) electrons. The lowest BCUT2D eigenvalue weighted by Gasteiger charge is -2.20. The van der Waals surface area contributed by atoms with Crippen molar-refractivity contribution in [3.63, 3.8) is 0 Å². The van der Waals surface area contributed by atoms with Crippen molar-refractivity contribution < 1.29 is 14.3 Å². The minimum absolute atomic E-state index is 0.219. The molecule has 5 rings (SSSR count). The van der Waals surface area contributed by atoms with Gasteiger partial charge in [-0.2, -0.15) is 0 Å². The van der Waals surface area contributed by atoms with Crippen molar-refractivity contribution in [2.75, 3.05) is 18.5 Å². The normalized spacial score (nSPS) is 16.8. The van der Waals surface area contributed by atoms with Crippen LogP contribution in [-0.4, -0.2) is 34.4 Å². The second-order valence-electron chi connectivity index (χ2n) is 9.94. The molecule has 0 fully saturated rings. The third-order valence-corrected chi connectivity index (χ3v) is 7.41. The molecule has 1 atom stereocenters. The first-order valence-corrected chi connectivity index (χ1v) is 13.1. The standard InChI is InChI=1S/C30H35N3O3/c1-4-5-6-7-8-9-17-36-22-15-13-21(14-16-22)27-23-18-32(3)26-12-10-11-24(28(23)26)31-25-19-33(20(2)34)30(35)29(25)27/h10-16,18,27,31H,4-9,17,19H2,1-3H3/t27-/m0/s1. The molecule has 3 aromatic rings. The van der Waals surface area contributed by atoms with E-state index in [1.54, 1.807) is 0 Å². The van der Waals surface area contributed by atoms with Gasteiger partial charge in [-0.05, 0) is 41.8 Å². The number of nitrogens with zero attached hydrogens (tertiary/aromatic N) is 2. The zero-order valence-electron chi connectivity index (χ0n) is 21.5. The van der Waals surface area contributed by atoms with E-state index in [1.807, 2.05) is 31.3 Å². The molecule has 2 aromatic carbocycles. The number of carbonyl (C=O) groups excluding carboxylic acids is 2. The van der Waals surface area contributed by atoms with E-state index >= 15 is 0 Å². The molecule has 0 saturated carbocycles. The van der Waals surface area contributed by atoms with E-state index in [0.29, 0.717) is 12.2 Å². The molecule has 2 aliphatic rings. The Morgan fingerprint density at radius 1 is 1.06 bits per heavy atom. The highest BCUT2D eigenvalue weighted by atomic mass is 16.5. The van der Waals surface area contributed by atoms with Crippen LogP contribution >= 0.6 is 0 Å². The predicted molar refractivity (Wildman–Crippen MR) is 143 cm³/mol. The average Bonchev–Trinajstić information content (AvgIpc) is 3.33. The lowest BCUT2D eigenvalue weighted by Crippen LogP contribution is -2.33. The van der Waals surface area contributed by atoms with E-state index in [4.69, 9.17) is 4.74 Å². The highest BCUT2D eigenvalue weighted by Gasteiger charge is 2.41. The third-order valence-electron chi connectivity index (χ3n) is 7.41. The number of amides is 2. The molecule has 0 unspecified atom stereocenters. The molecule has 0 saturated heterocycles. The van der Waals surface area contributed by atoms with Gasteiger partial charge in [0.25, 0.3) is 5.91 Å². The Bertz CT molecular complexity index is 1320.